The third-order valence-corrected chi connectivity index (χ3v) is 1.71. The normalized spacial score (nSPS) is 12.5. The van der Waals surface area contributed by atoms with Gasteiger partial charge in [-0.3, -0.25) is 0 Å². The summed E-state index contributed by atoms with van der Waals surface area (Å²) >= 11 is 0. The zero-order valence-corrected chi connectivity index (χ0v) is 7.40. The predicted molar refractivity (Wildman–Crippen MR) is 48.8 cm³/mol. The fourth-order valence-corrected chi connectivity index (χ4v) is 1.17. The van der Waals surface area contributed by atoms with Crippen molar-refractivity contribution in [3.63, 3.8) is 0 Å². The molecule has 0 saturated heterocycles. The Morgan fingerprint density at radius 2 is 2.23 bits per heavy atom. The largest absolute Gasteiger partial charge is 0.478 e. The van der Waals surface area contributed by atoms with E-state index in [1.54, 1.807) is 25.1 Å². The van der Waals surface area contributed by atoms with Gasteiger partial charge in [0.25, 0.3) is 0 Å². The zero-order chi connectivity index (χ0) is 9.84. The Morgan fingerprint density at radius 3 is 2.77 bits per heavy atom. The van der Waals surface area contributed by atoms with Crippen LogP contribution < -0.4 is 0 Å². The second-order valence-electron chi connectivity index (χ2n) is 3.06. The van der Waals surface area contributed by atoms with Crippen LogP contribution in [0, 0.1) is 0 Å². The van der Waals surface area contributed by atoms with Crippen LogP contribution in [0.15, 0.2) is 24.3 Å². The van der Waals surface area contributed by atoms with Gasteiger partial charge in [0.2, 0.25) is 0 Å². The Kier molecular flexibility index (Phi) is 3.03. The zero-order valence-electron chi connectivity index (χ0n) is 7.40. The lowest BCUT2D eigenvalue weighted by molar-refractivity contribution is 0.0696. The Balaban J connectivity index is 2.85. The van der Waals surface area contributed by atoms with E-state index < -0.39 is 12.1 Å². The van der Waals surface area contributed by atoms with Crippen LogP contribution in [-0.4, -0.2) is 22.3 Å². The Morgan fingerprint density at radius 1 is 1.54 bits per heavy atom. The first-order valence-electron chi connectivity index (χ1n) is 4.10. The van der Waals surface area contributed by atoms with E-state index in [-0.39, 0.29) is 5.56 Å². The van der Waals surface area contributed by atoms with Crippen molar-refractivity contribution in [3.8, 4) is 0 Å². The minimum atomic E-state index is -0.938. The molecule has 3 nitrogen and oxygen atoms in total. The van der Waals surface area contributed by atoms with Crippen LogP contribution in [0.1, 0.15) is 22.8 Å². The molecule has 1 aromatic carbocycles. The summed E-state index contributed by atoms with van der Waals surface area (Å²) in [4.78, 5) is 10.6. The topological polar surface area (TPSA) is 57.5 Å². The molecular formula is C10H12O3. The summed E-state index contributed by atoms with van der Waals surface area (Å²) in [5, 5.41) is 17.8. The van der Waals surface area contributed by atoms with Gasteiger partial charge in [-0.15, -0.1) is 0 Å². The molecular weight excluding hydrogens is 168 g/mol. The smallest absolute Gasteiger partial charge is 0.335 e. The van der Waals surface area contributed by atoms with Gasteiger partial charge in [-0.25, -0.2) is 4.79 Å². The molecule has 13 heavy (non-hydrogen) atoms. The van der Waals surface area contributed by atoms with Crippen molar-refractivity contribution < 1.29 is 15.0 Å². The van der Waals surface area contributed by atoms with E-state index in [9.17, 15) is 4.79 Å². The maximum Gasteiger partial charge on any atom is 0.335 e. The van der Waals surface area contributed by atoms with E-state index in [1.165, 1.54) is 6.07 Å². The highest BCUT2D eigenvalue weighted by molar-refractivity contribution is 5.87. The van der Waals surface area contributed by atoms with E-state index in [4.69, 9.17) is 10.2 Å². The number of carboxylic acid groups (broad SMARTS) is 1. The lowest BCUT2D eigenvalue weighted by Gasteiger charge is -2.04. The summed E-state index contributed by atoms with van der Waals surface area (Å²) < 4.78 is 0. The van der Waals surface area contributed by atoms with Crippen molar-refractivity contribution in [1.82, 2.24) is 0 Å². The summed E-state index contributed by atoms with van der Waals surface area (Å²) in [6.45, 7) is 1.67. The Labute approximate surface area is 76.6 Å². The monoisotopic (exact) mass is 180 g/mol. The standard InChI is InChI=1S/C10H12O3/c1-7(11)5-8-3-2-4-9(6-8)10(12)13/h2-4,6-7,11H,5H2,1H3,(H,12,13). The van der Waals surface area contributed by atoms with Gasteiger partial charge in [0, 0.05) is 0 Å². The van der Waals surface area contributed by atoms with Crippen LogP contribution in [0.2, 0.25) is 0 Å². The summed E-state index contributed by atoms with van der Waals surface area (Å²) in [5.41, 5.74) is 1.10. The molecule has 1 atom stereocenters. The van der Waals surface area contributed by atoms with Crippen molar-refractivity contribution in [3.05, 3.63) is 35.4 Å². The second kappa shape index (κ2) is 4.05. The van der Waals surface area contributed by atoms with E-state index in [2.05, 4.69) is 0 Å². The predicted octanol–water partition coefficient (Wildman–Crippen LogP) is 1.31. The SMILES string of the molecule is CC(O)Cc1cccc(C(=O)O)c1. The van der Waals surface area contributed by atoms with E-state index >= 15 is 0 Å². The van der Waals surface area contributed by atoms with Crippen LogP contribution in [0.4, 0.5) is 0 Å². The lowest BCUT2D eigenvalue weighted by Crippen LogP contribution is -2.05. The molecule has 0 fully saturated rings. The Bertz CT molecular complexity index is 305. The van der Waals surface area contributed by atoms with Crippen LogP contribution in [0.25, 0.3) is 0 Å². The number of aliphatic hydroxyl groups is 1. The van der Waals surface area contributed by atoms with E-state index in [1.807, 2.05) is 0 Å². The van der Waals surface area contributed by atoms with Crippen molar-refractivity contribution >= 4 is 5.97 Å². The fraction of sp³-hybridized carbons (Fsp3) is 0.300. The molecule has 0 aliphatic rings. The first-order chi connectivity index (χ1) is 6.09. The molecule has 0 aromatic heterocycles. The average Bonchev–Trinajstić information content (AvgIpc) is 2.03. The number of rotatable bonds is 3. The minimum Gasteiger partial charge on any atom is -0.478 e. The highest BCUT2D eigenvalue weighted by Gasteiger charge is 2.04. The summed E-state index contributed by atoms with van der Waals surface area (Å²) in [5.74, 6) is -0.938. The molecule has 0 bridgehead atoms. The highest BCUT2D eigenvalue weighted by Crippen LogP contribution is 2.07. The molecule has 0 amide bonds. The van der Waals surface area contributed by atoms with Gasteiger partial charge >= 0.3 is 5.97 Å². The van der Waals surface area contributed by atoms with Crippen molar-refractivity contribution in [2.45, 2.75) is 19.4 Å². The molecule has 0 aliphatic heterocycles. The molecule has 0 aliphatic carbocycles. The lowest BCUT2D eigenvalue weighted by atomic mass is 10.1. The molecule has 70 valence electrons. The molecule has 1 unspecified atom stereocenters. The molecule has 0 saturated carbocycles. The Hall–Kier alpha value is -1.35. The maximum absolute atomic E-state index is 10.6. The third kappa shape index (κ3) is 2.87. The molecule has 3 heteroatoms. The van der Waals surface area contributed by atoms with Gasteiger partial charge < -0.3 is 10.2 Å². The average molecular weight is 180 g/mol. The molecule has 0 radical (unpaired) electrons. The van der Waals surface area contributed by atoms with E-state index in [0.29, 0.717) is 6.42 Å². The summed E-state index contributed by atoms with van der Waals surface area (Å²) in [7, 11) is 0. The minimum absolute atomic E-state index is 0.262. The highest BCUT2D eigenvalue weighted by atomic mass is 16.4. The molecule has 0 heterocycles. The van der Waals surface area contributed by atoms with Gasteiger partial charge in [-0.05, 0) is 31.0 Å². The van der Waals surface area contributed by atoms with Crippen LogP contribution in [-0.2, 0) is 6.42 Å². The van der Waals surface area contributed by atoms with Crippen molar-refractivity contribution in [1.29, 1.82) is 0 Å². The van der Waals surface area contributed by atoms with Crippen molar-refractivity contribution in [2.24, 2.45) is 0 Å². The van der Waals surface area contributed by atoms with Gasteiger partial charge in [-0.1, -0.05) is 12.1 Å². The summed E-state index contributed by atoms with van der Waals surface area (Å²) in [6.07, 6.45) is 0.0465. The van der Waals surface area contributed by atoms with E-state index in [0.717, 1.165) is 5.56 Å². The first-order valence-corrected chi connectivity index (χ1v) is 4.10. The number of hydrogen-bond acceptors (Lipinski definition) is 2. The number of hydrogen-bond donors (Lipinski definition) is 2. The molecule has 2 N–H and O–H groups in total. The first kappa shape index (κ1) is 9.74. The number of benzene rings is 1. The quantitative estimate of drug-likeness (QED) is 0.737. The number of aromatic carboxylic acids is 1. The fourth-order valence-electron chi connectivity index (χ4n) is 1.17. The van der Waals surface area contributed by atoms with Crippen LogP contribution in [0.3, 0.4) is 0 Å². The number of carbonyl (C=O) groups is 1. The van der Waals surface area contributed by atoms with Gasteiger partial charge in [-0.2, -0.15) is 0 Å². The van der Waals surface area contributed by atoms with Crippen LogP contribution >= 0.6 is 0 Å². The second-order valence-corrected chi connectivity index (χ2v) is 3.06. The number of carboxylic acids is 1. The van der Waals surface area contributed by atoms with Gasteiger partial charge in [0.05, 0.1) is 11.7 Å². The molecule has 1 rings (SSSR count). The number of aliphatic hydroxyl groups excluding tert-OH is 1. The third-order valence-electron chi connectivity index (χ3n) is 1.71. The molecule has 0 spiro atoms. The van der Waals surface area contributed by atoms with Crippen LogP contribution in [0.5, 0.6) is 0 Å². The summed E-state index contributed by atoms with van der Waals surface area (Å²) in [6, 6.07) is 6.60. The van der Waals surface area contributed by atoms with Crippen molar-refractivity contribution in [2.75, 3.05) is 0 Å². The van der Waals surface area contributed by atoms with Gasteiger partial charge in [0.15, 0.2) is 0 Å². The van der Waals surface area contributed by atoms with Gasteiger partial charge in [0.1, 0.15) is 0 Å². The maximum atomic E-state index is 10.6. The molecule has 1 aromatic rings.